The number of rotatable bonds is 5. The van der Waals surface area contributed by atoms with Gasteiger partial charge in [-0.15, -0.1) is 0 Å². The summed E-state index contributed by atoms with van der Waals surface area (Å²) in [6, 6.07) is 6.37. The van der Waals surface area contributed by atoms with Gasteiger partial charge in [0.2, 0.25) is 15.9 Å². The molecule has 1 aliphatic carbocycles. The van der Waals surface area contributed by atoms with Gasteiger partial charge in [-0.2, -0.15) is 0 Å². The highest BCUT2D eigenvalue weighted by atomic mass is 32.2. The van der Waals surface area contributed by atoms with Gasteiger partial charge >= 0.3 is 0 Å². The topological polar surface area (TPSA) is 86.8 Å². The number of piperidine rings is 1. The number of amides is 2. The molecule has 0 bridgehead atoms. The molecule has 1 aromatic rings. The average Bonchev–Trinajstić information content (AvgIpc) is 3.45. The van der Waals surface area contributed by atoms with Gasteiger partial charge in [0.1, 0.15) is 0 Å². The molecule has 0 aromatic heterocycles. The maximum atomic E-state index is 12.6. The van der Waals surface area contributed by atoms with Crippen LogP contribution in [0.5, 0.6) is 0 Å². The molecule has 8 heteroatoms. The maximum absolute atomic E-state index is 12.6. The number of nitrogens with zero attached hydrogens (tertiary/aromatic N) is 2. The molecule has 2 fully saturated rings. The van der Waals surface area contributed by atoms with Crippen molar-refractivity contribution < 1.29 is 18.0 Å². The monoisotopic (exact) mass is 379 g/mol. The number of carbonyl (C=O) groups excluding carboxylic acids is 2. The number of hydrogen-bond donors (Lipinski definition) is 1. The Morgan fingerprint density at radius 3 is 2.12 bits per heavy atom. The lowest BCUT2D eigenvalue weighted by atomic mass is 9.95. The van der Waals surface area contributed by atoms with E-state index in [0.717, 1.165) is 17.1 Å². The van der Waals surface area contributed by atoms with Crippen molar-refractivity contribution in [2.24, 2.45) is 5.92 Å². The van der Waals surface area contributed by atoms with Gasteiger partial charge in [0.25, 0.3) is 5.91 Å². The summed E-state index contributed by atoms with van der Waals surface area (Å²) in [5, 5.41) is 3.03. The van der Waals surface area contributed by atoms with E-state index in [2.05, 4.69) is 5.32 Å². The minimum Gasteiger partial charge on any atom is -0.353 e. The van der Waals surface area contributed by atoms with Crippen molar-refractivity contribution in [3.63, 3.8) is 0 Å². The van der Waals surface area contributed by atoms with Crippen LogP contribution in [0.25, 0.3) is 0 Å². The number of hydrogen-bond acceptors (Lipinski definition) is 4. The summed E-state index contributed by atoms with van der Waals surface area (Å²) in [4.78, 5) is 26.6. The minimum absolute atomic E-state index is 0.0211. The van der Waals surface area contributed by atoms with E-state index in [1.54, 1.807) is 17.0 Å². The summed E-state index contributed by atoms with van der Waals surface area (Å²) < 4.78 is 25.3. The third kappa shape index (κ3) is 4.07. The van der Waals surface area contributed by atoms with Gasteiger partial charge in [-0.25, -0.2) is 12.7 Å². The predicted octanol–water partition coefficient (Wildman–Crippen LogP) is 1.07. The third-order valence-corrected chi connectivity index (χ3v) is 6.79. The second kappa shape index (κ2) is 7.36. The van der Waals surface area contributed by atoms with Crippen LogP contribution in [0.2, 0.25) is 0 Å². The van der Waals surface area contributed by atoms with Crippen molar-refractivity contribution in [2.45, 2.75) is 36.6 Å². The largest absolute Gasteiger partial charge is 0.353 e. The van der Waals surface area contributed by atoms with Crippen molar-refractivity contribution >= 4 is 21.8 Å². The van der Waals surface area contributed by atoms with Gasteiger partial charge < -0.3 is 10.2 Å². The fourth-order valence-corrected chi connectivity index (χ4v) is 3.96. The molecule has 7 nitrogen and oxygen atoms in total. The van der Waals surface area contributed by atoms with Gasteiger partial charge in [-0.1, -0.05) is 0 Å². The SMILES string of the molecule is CN(C)S(=O)(=O)c1ccc(C(=O)N2CCC(C(=O)NC3CC3)CC2)cc1. The van der Waals surface area contributed by atoms with E-state index in [4.69, 9.17) is 0 Å². The van der Waals surface area contributed by atoms with Crippen molar-refractivity contribution in [3.05, 3.63) is 29.8 Å². The molecule has 2 aliphatic rings. The summed E-state index contributed by atoms with van der Waals surface area (Å²) in [5.41, 5.74) is 0.462. The molecular weight excluding hydrogens is 354 g/mol. The van der Waals surface area contributed by atoms with Crippen LogP contribution in [0.15, 0.2) is 29.2 Å². The van der Waals surface area contributed by atoms with Crippen LogP contribution in [0.4, 0.5) is 0 Å². The summed E-state index contributed by atoms with van der Waals surface area (Å²) >= 11 is 0. The molecule has 0 radical (unpaired) electrons. The Bertz CT molecular complexity index is 777. The maximum Gasteiger partial charge on any atom is 0.253 e. The first kappa shape index (κ1) is 18.8. The second-order valence-corrected chi connectivity index (χ2v) is 9.31. The summed E-state index contributed by atoms with van der Waals surface area (Å²) in [6.07, 6.45) is 3.47. The molecule has 0 atom stereocenters. The van der Waals surface area contributed by atoms with E-state index in [9.17, 15) is 18.0 Å². The molecule has 0 spiro atoms. The van der Waals surface area contributed by atoms with E-state index >= 15 is 0 Å². The Morgan fingerprint density at radius 1 is 1.04 bits per heavy atom. The molecular formula is C18H25N3O4S. The van der Waals surface area contributed by atoms with E-state index in [1.807, 2.05) is 0 Å². The van der Waals surface area contributed by atoms with Gasteiger partial charge in [0, 0.05) is 44.7 Å². The molecule has 1 heterocycles. The van der Waals surface area contributed by atoms with Crippen molar-refractivity contribution in [2.75, 3.05) is 27.2 Å². The lowest BCUT2D eigenvalue weighted by Gasteiger charge is -2.31. The zero-order valence-electron chi connectivity index (χ0n) is 15.1. The second-order valence-electron chi connectivity index (χ2n) is 7.16. The lowest BCUT2D eigenvalue weighted by molar-refractivity contribution is -0.126. The van der Waals surface area contributed by atoms with Gasteiger partial charge in [-0.3, -0.25) is 9.59 Å². The standard InChI is InChI=1S/C18H25N3O4S/c1-20(2)26(24,25)16-7-3-14(4-8-16)18(23)21-11-9-13(10-12-21)17(22)19-15-5-6-15/h3-4,7-8,13,15H,5-6,9-12H2,1-2H3,(H,19,22). The highest BCUT2D eigenvalue weighted by Gasteiger charge is 2.31. The summed E-state index contributed by atoms with van der Waals surface area (Å²) in [6.45, 7) is 1.08. The number of nitrogens with one attached hydrogen (secondary N) is 1. The lowest BCUT2D eigenvalue weighted by Crippen LogP contribution is -2.43. The van der Waals surface area contributed by atoms with Crippen LogP contribution >= 0.6 is 0 Å². The van der Waals surface area contributed by atoms with Crippen molar-refractivity contribution in [1.82, 2.24) is 14.5 Å². The fraction of sp³-hybridized carbons (Fsp3) is 0.556. The van der Waals surface area contributed by atoms with E-state index in [-0.39, 0.29) is 22.6 Å². The van der Waals surface area contributed by atoms with Crippen LogP contribution in [0.1, 0.15) is 36.0 Å². The molecule has 142 valence electrons. The quantitative estimate of drug-likeness (QED) is 0.829. The molecule has 1 aromatic carbocycles. The molecule has 1 N–H and O–H groups in total. The molecule has 0 unspecified atom stereocenters. The first-order valence-electron chi connectivity index (χ1n) is 8.91. The number of sulfonamides is 1. The molecule has 1 saturated carbocycles. The summed E-state index contributed by atoms with van der Waals surface area (Å²) in [7, 11) is -0.562. The van der Waals surface area contributed by atoms with Crippen LogP contribution in [-0.4, -0.2) is 62.7 Å². The molecule has 1 saturated heterocycles. The number of benzene rings is 1. The Morgan fingerprint density at radius 2 is 1.62 bits per heavy atom. The van der Waals surface area contributed by atoms with Gasteiger partial charge in [0.05, 0.1) is 4.90 Å². The Kier molecular flexibility index (Phi) is 5.34. The van der Waals surface area contributed by atoms with Gasteiger partial charge in [0.15, 0.2) is 0 Å². The highest BCUT2D eigenvalue weighted by molar-refractivity contribution is 7.89. The first-order valence-corrected chi connectivity index (χ1v) is 10.4. The molecule has 26 heavy (non-hydrogen) atoms. The highest BCUT2D eigenvalue weighted by Crippen LogP contribution is 2.23. The predicted molar refractivity (Wildman–Crippen MR) is 97.1 cm³/mol. The fourth-order valence-electron chi connectivity index (χ4n) is 3.05. The van der Waals surface area contributed by atoms with Crippen LogP contribution in [0, 0.1) is 5.92 Å². The first-order chi connectivity index (χ1) is 12.3. The smallest absolute Gasteiger partial charge is 0.253 e. The average molecular weight is 379 g/mol. The minimum atomic E-state index is -3.50. The third-order valence-electron chi connectivity index (χ3n) is 4.96. The molecule has 3 rings (SSSR count). The van der Waals surface area contributed by atoms with Crippen LogP contribution in [-0.2, 0) is 14.8 Å². The zero-order valence-corrected chi connectivity index (χ0v) is 16.0. The normalized spacial score (nSPS) is 18.8. The zero-order chi connectivity index (χ0) is 18.9. The van der Waals surface area contributed by atoms with Crippen LogP contribution < -0.4 is 5.32 Å². The molecule has 2 amide bonds. The van der Waals surface area contributed by atoms with Crippen LogP contribution in [0.3, 0.4) is 0 Å². The Balaban J connectivity index is 1.59. The Labute approximate surface area is 154 Å². The van der Waals surface area contributed by atoms with Crippen molar-refractivity contribution in [3.8, 4) is 0 Å². The van der Waals surface area contributed by atoms with Gasteiger partial charge in [-0.05, 0) is 49.9 Å². The number of carbonyl (C=O) groups is 2. The van der Waals surface area contributed by atoms with E-state index < -0.39 is 10.0 Å². The molecule has 1 aliphatic heterocycles. The van der Waals surface area contributed by atoms with E-state index in [0.29, 0.717) is 37.5 Å². The van der Waals surface area contributed by atoms with E-state index in [1.165, 1.54) is 26.2 Å². The van der Waals surface area contributed by atoms with Crippen molar-refractivity contribution in [1.29, 1.82) is 0 Å². The Hall–Kier alpha value is -1.93. The number of likely N-dealkylation sites (tertiary alicyclic amines) is 1. The summed E-state index contributed by atoms with van der Waals surface area (Å²) in [5.74, 6) is -0.0371.